The minimum absolute atomic E-state index is 0.835. The number of allylic oxidation sites excluding steroid dienone is 2. The average molecular weight is 166 g/mol. The van der Waals surface area contributed by atoms with Gasteiger partial charge in [0.1, 0.15) is 0 Å². The molecule has 4 N–H and O–H groups in total. The Balaban J connectivity index is 2.75. The van der Waals surface area contributed by atoms with Crippen LogP contribution >= 0.6 is 0 Å². The standard InChI is InChI=1S/C8H14N4/c9-11-7-5-3-1-2-4-6-8(7)12-10/h1-2H,3-6,9-10H2/b2-1-,11-7-,12-8+. The molecule has 0 atom stereocenters. The summed E-state index contributed by atoms with van der Waals surface area (Å²) in [6.07, 6.45) is 7.88. The Kier molecular flexibility index (Phi) is 3.32. The fourth-order valence-electron chi connectivity index (χ4n) is 1.24. The summed E-state index contributed by atoms with van der Waals surface area (Å²) in [6, 6.07) is 0. The highest BCUT2D eigenvalue weighted by molar-refractivity contribution is 6.42. The third kappa shape index (κ3) is 2.08. The Morgan fingerprint density at radius 2 is 1.33 bits per heavy atom. The normalized spacial score (nSPS) is 28.3. The Hall–Kier alpha value is -1.32. The molecule has 0 radical (unpaired) electrons. The summed E-state index contributed by atoms with van der Waals surface area (Å²) in [5, 5.41) is 7.35. The predicted octanol–water partition coefficient (Wildman–Crippen LogP) is 0.746. The van der Waals surface area contributed by atoms with Crippen LogP contribution in [0.4, 0.5) is 0 Å². The zero-order valence-electron chi connectivity index (χ0n) is 7.03. The first-order valence-corrected chi connectivity index (χ1v) is 4.07. The van der Waals surface area contributed by atoms with E-state index in [1.165, 1.54) is 0 Å². The van der Waals surface area contributed by atoms with Crippen molar-refractivity contribution in [3.8, 4) is 0 Å². The van der Waals surface area contributed by atoms with E-state index in [4.69, 9.17) is 11.7 Å². The van der Waals surface area contributed by atoms with Crippen molar-refractivity contribution in [2.75, 3.05) is 0 Å². The van der Waals surface area contributed by atoms with Crippen LogP contribution in [0.15, 0.2) is 22.4 Å². The molecule has 0 aliphatic heterocycles. The molecule has 0 saturated carbocycles. The number of hydrogen-bond acceptors (Lipinski definition) is 4. The molecule has 0 unspecified atom stereocenters. The Morgan fingerprint density at radius 3 is 1.67 bits per heavy atom. The van der Waals surface area contributed by atoms with E-state index in [0.717, 1.165) is 37.1 Å². The Bertz CT molecular complexity index is 203. The number of nitrogens with two attached hydrogens (primary N) is 2. The molecule has 0 aromatic rings. The molecule has 12 heavy (non-hydrogen) atoms. The lowest BCUT2D eigenvalue weighted by Gasteiger charge is -2.07. The van der Waals surface area contributed by atoms with E-state index in [2.05, 4.69) is 22.4 Å². The smallest absolute Gasteiger partial charge is 0.0835 e. The first-order valence-electron chi connectivity index (χ1n) is 4.07. The van der Waals surface area contributed by atoms with Gasteiger partial charge in [0.15, 0.2) is 0 Å². The van der Waals surface area contributed by atoms with Gasteiger partial charge in [-0.15, -0.1) is 0 Å². The molecule has 1 aliphatic carbocycles. The molecular weight excluding hydrogens is 152 g/mol. The van der Waals surface area contributed by atoms with Crippen molar-refractivity contribution in [2.24, 2.45) is 21.9 Å². The van der Waals surface area contributed by atoms with E-state index in [-0.39, 0.29) is 0 Å². The van der Waals surface area contributed by atoms with E-state index in [1.54, 1.807) is 0 Å². The summed E-state index contributed by atoms with van der Waals surface area (Å²) in [6.45, 7) is 0. The van der Waals surface area contributed by atoms with Crippen molar-refractivity contribution in [1.82, 2.24) is 0 Å². The van der Waals surface area contributed by atoms with Crippen molar-refractivity contribution >= 4 is 11.4 Å². The van der Waals surface area contributed by atoms with Gasteiger partial charge in [-0.05, 0) is 25.7 Å². The van der Waals surface area contributed by atoms with Crippen LogP contribution in [0, 0.1) is 0 Å². The highest BCUT2D eigenvalue weighted by atomic mass is 15.2. The summed E-state index contributed by atoms with van der Waals surface area (Å²) in [5.41, 5.74) is 1.67. The molecule has 0 spiro atoms. The Labute approximate surface area is 72.0 Å². The maximum atomic E-state index is 5.22. The first-order chi connectivity index (χ1) is 5.88. The molecule has 0 heterocycles. The highest BCUT2D eigenvalue weighted by Crippen LogP contribution is 2.07. The summed E-state index contributed by atoms with van der Waals surface area (Å²) >= 11 is 0. The summed E-state index contributed by atoms with van der Waals surface area (Å²) in [4.78, 5) is 0. The van der Waals surface area contributed by atoms with Gasteiger partial charge < -0.3 is 11.7 Å². The summed E-state index contributed by atoms with van der Waals surface area (Å²) < 4.78 is 0. The molecule has 0 aromatic heterocycles. The van der Waals surface area contributed by atoms with Gasteiger partial charge in [0.05, 0.1) is 11.4 Å². The van der Waals surface area contributed by atoms with Gasteiger partial charge in [0.2, 0.25) is 0 Å². The average Bonchev–Trinajstić information content (AvgIpc) is 2.05. The van der Waals surface area contributed by atoms with E-state index in [9.17, 15) is 0 Å². The van der Waals surface area contributed by atoms with Gasteiger partial charge in [-0.1, -0.05) is 12.2 Å². The quantitative estimate of drug-likeness (QED) is 0.316. The van der Waals surface area contributed by atoms with Gasteiger partial charge in [-0.3, -0.25) is 0 Å². The maximum Gasteiger partial charge on any atom is 0.0835 e. The fraction of sp³-hybridized carbons (Fsp3) is 0.500. The topological polar surface area (TPSA) is 76.8 Å². The lowest BCUT2D eigenvalue weighted by atomic mass is 10.0. The second-order valence-electron chi connectivity index (χ2n) is 2.70. The third-order valence-electron chi connectivity index (χ3n) is 1.91. The van der Waals surface area contributed by atoms with Crippen LogP contribution in [-0.2, 0) is 0 Å². The van der Waals surface area contributed by atoms with Crippen LogP contribution in [0.25, 0.3) is 0 Å². The lowest BCUT2D eigenvalue weighted by molar-refractivity contribution is 1.00. The fourth-order valence-corrected chi connectivity index (χ4v) is 1.24. The molecule has 0 amide bonds. The number of hydrazone groups is 2. The van der Waals surface area contributed by atoms with Crippen molar-refractivity contribution in [1.29, 1.82) is 0 Å². The largest absolute Gasteiger partial charge is 0.323 e. The van der Waals surface area contributed by atoms with Crippen molar-refractivity contribution in [3.63, 3.8) is 0 Å². The monoisotopic (exact) mass is 166 g/mol. The molecule has 0 saturated heterocycles. The molecule has 0 aromatic carbocycles. The molecule has 0 bridgehead atoms. The van der Waals surface area contributed by atoms with Crippen LogP contribution in [0.1, 0.15) is 25.7 Å². The van der Waals surface area contributed by atoms with E-state index in [1.807, 2.05) is 0 Å². The highest BCUT2D eigenvalue weighted by Gasteiger charge is 2.09. The molecular formula is C8H14N4. The maximum absolute atomic E-state index is 5.22. The van der Waals surface area contributed by atoms with Crippen molar-refractivity contribution in [2.45, 2.75) is 25.7 Å². The van der Waals surface area contributed by atoms with Gasteiger partial charge >= 0.3 is 0 Å². The molecule has 4 heteroatoms. The van der Waals surface area contributed by atoms with Gasteiger partial charge in [-0.25, -0.2) is 0 Å². The molecule has 66 valence electrons. The second kappa shape index (κ2) is 4.54. The summed E-state index contributed by atoms with van der Waals surface area (Å²) in [7, 11) is 0. The van der Waals surface area contributed by atoms with Gasteiger partial charge in [-0.2, -0.15) is 10.2 Å². The van der Waals surface area contributed by atoms with Crippen molar-refractivity contribution < 1.29 is 0 Å². The molecule has 4 nitrogen and oxygen atoms in total. The van der Waals surface area contributed by atoms with Crippen LogP contribution in [0.5, 0.6) is 0 Å². The van der Waals surface area contributed by atoms with E-state index in [0.29, 0.717) is 0 Å². The number of rotatable bonds is 0. The molecule has 1 aliphatic rings. The van der Waals surface area contributed by atoms with E-state index >= 15 is 0 Å². The minimum Gasteiger partial charge on any atom is -0.323 e. The van der Waals surface area contributed by atoms with Gasteiger partial charge in [0.25, 0.3) is 0 Å². The van der Waals surface area contributed by atoms with Crippen LogP contribution in [0.2, 0.25) is 0 Å². The zero-order valence-corrected chi connectivity index (χ0v) is 7.03. The van der Waals surface area contributed by atoms with Crippen LogP contribution in [0.3, 0.4) is 0 Å². The van der Waals surface area contributed by atoms with E-state index < -0.39 is 0 Å². The number of nitrogens with zero attached hydrogens (tertiary/aromatic N) is 2. The zero-order chi connectivity index (χ0) is 8.81. The van der Waals surface area contributed by atoms with Gasteiger partial charge in [0, 0.05) is 0 Å². The first kappa shape index (κ1) is 8.77. The second-order valence-corrected chi connectivity index (χ2v) is 2.70. The molecule has 1 rings (SSSR count). The molecule has 0 fully saturated rings. The summed E-state index contributed by atoms with van der Waals surface area (Å²) in [5.74, 6) is 10.4. The van der Waals surface area contributed by atoms with Crippen molar-refractivity contribution in [3.05, 3.63) is 12.2 Å². The Morgan fingerprint density at radius 1 is 0.917 bits per heavy atom. The lowest BCUT2D eigenvalue weighted by Crippen LogP contribution is -2.18. The third-order valence-corrected chi connectivity index (χ3v) is 1.91. The predicted molar refractivity (Wildman–Crippen MR) is 50.9 cm³/mol. The number of hydrogen-bond donors (Lipinski definition) is 2. The SMILES string of the molecule is N/N=C1/CC/C=C\CC/C1=N\N. The van der Waals surface area contributed by atoms with Crippen LogP contribution < -0.4 is 11.7 Å². The van der Waals surface area contributed by atoms with Crippen LogP contribution in [-0.4, -0.2) is 11.4 Å². The minimum atomic E-state index is 0.835.